The van der Waals surface area contributed by atoms with Gasteiger partial charge in [0, 0.05) is 35.2 Å². The number of benzene rings is 2. The van der Waals surface area contributed by atoms with Crippen LogP contribution >= 0.6 is 11.6 Å². The molecule has 1 aliphatic rings. The van der Waals surface area contributed by atoms with Gasteiger partial charge in [-0.25, -0.2) is 0 Å². The number of H-pyrrole nitrogens is 1. The molecule has 5 heteroatoms. The number of aromatic nitrogens is 1. The van der Waals surface area contributed by atoms with Gasteiger partial charge < -0.3 is 14.6 Å². The quantitative estimate of drug-likeness (QED) is 0.718. The zero-order valence-corrected chi connectivity index (χ0v) is 15.4. The van der Waals surface area contributed by atoms with Crippen molar-refractivity contribution in [3.8, 4) is 5.75 Å². The van der Waals surface area contributed by atoms with Crippen molar-refractivity contribution in [1.29, 1.82) is 0 Å². The number of carbonyl (C=O) groups is 1. The number of hydrogen-bond donors (Lipinski definition) is 1. The molecule has 0 bridgehead atoms. The first kappa shape index (κ1) is 17.0. The number of methoxy groups -OCH3 is 1. The topological polar surface area (TPSA) is 45.3 Å². The van der Waals surface area contributed by atoms with E-state index in [4.69, 9.17) is 16.3 Å². The summed E-state index contributed by atoms with van der Waals surface area (Å²) in [5.74, 6) is 1.44. The first-order valence-electron chi connectivity index (χ1n) is 8.86. The number of amides is 1. The minimum atomic E-state index is 0.0806. The number of likely N-dealkylation sites (tertiary alicyclic amines) is 1. The number of rotatable bonds is 3. The maximum absolute atomic E-state index is 13.0. The smallest absolute Gasteiger partial charge is 0.256 e. The standard InChI is InChI=1S/C21H21ClN2O2/c1-26-20-5-3-2-4-16(20)14-8-10-24(11-9-14)21(25)18-13-23-19-12-15(22)6-7-17(18)19/h2-7,12-14,23H,8-11H2,1H3. The van der Waals surface area contributed by atoms with Crippen molar-refractivity contribution in [2.75, 3.05) is 20.2 Å². The molecule has 0 spiro atoms. The number of carbonyl (C=O) groups excluding carboxylic acids is 1. The van der Waals surface area contributed by atoms with Crippen molar-refractivity contribution in [2.24, 2.45) is 0 Å². The van der Waals surface area contributed by atoms with Crippen molar-refractivity contribution >= 4 is 28.4 Å². The van der Waals surface area contributed by atoms with Crippen LogP contribution in [0.1, 0.15) is 34.7 Å². The molecule has 2 aromatic carbocycles. The number of fused-ring (bicyclic) bond motifs is 1. The summed E-state index contributed by atoms with van der Waals surface area (Å²) in [6, 6.07) is 13.7. The second-order valence-corrected chi connectivity index (χ2v) is 7.14. The molecule has 1 N–H and O–H groups in total. The van der Waals surface area contributed by atoms with E-state index in [0.717, 1.165) is 42.6 Å². The molecule has 0 aliphatic carbocycles. The van der Waals surface area contributed by atoms with Gasteiger partial charge in [-0.05, 0) is 42.5 Å². The number of ether oxygens (including phenoxy) is 1. The van der Waals surface area contributed by atoms with Crippen LogP contribution in [0.25, 0.3) is 10.9 Å². The maximum Gasteiger partial charge on any atom is 0.256 e. The van der Waals surface area contributed by atoms with Gasteiger partial charge in [-0.3, -0.25) is 4.79 Å². The average molecular weight is 369 g/mol. The highest BCUT2D eigenvalue weighted by Gasteiger charge is 2.27. The fourth-order valence-electron chi connectivity index (χ4n) is 3.84. The minimum absolute atomic E-state index is 0.0806. The van der Waals surface area contributed by atoms with Gasteiger partial charge in [-0.1, -0.05) is 35.9 Å². The van der Waals surface area contributed by atoms with E-state index in [1.165, 1.54) is 5.56 Å². The number of nitrogens with one attached hydrogen (secondary N) is 1. The predicted molar refractivity (Wildman–Crippen MR) is 104 cm³/mol. The van der Waals surface area contributed by atoms with Gasteiger partial charge >= 0.3 is 0 Å². The number of halogens is 1. The third-order valence-corrected chi connectivity index (χ3v) is 5.47. The summed E-state index contributed by atoms with van der Waals surface area (Å²) in [5.41, 5.74) is 2.85. The zero-order chi connectivity index (χ0) is 18.1. The first-order chi connectivity index (χ1) is 12.7. The second kappa shape index (κ2) is 7.04. The van der Waals surface area contributed by atoms with E-state index in [-0.39, 0.29) is 5.91 Å². The number of para-hydroxylation sites is 1. The molecule has 2 heterocycles. The third kappa shape index (κ3) is 3.06. The lowest BCUT2D eigenvalue weighted by Crippen LogP contribution is -2.37. The monoisotopic (exact) mass is 368 g/mol. The molecule has 3 aromatic rings. The highest BCUT2D eigenvalue weighted by Crippen LogP contribution is 2.34. The largest absolute Gasteiger partial charge is 0.496 e. The molecule has 1 aliphatic heterocycles. The fourth-order valence-corrected chi connectivity index (χ4v) is 4.02. The lowest BCUT2D eigenvalue weighted by Gasteiger charge is -2.32. The highest BCUT2D eigenvalue weighted by molar-refractivity contribution is 6.31. The molecule has 134 valence electrons. The van der Waals surface area contributed by atoms with E-state index in [1.54, 1.807) is 13.3 Å². The summed E-state index contributed by atoms with van der Waals surface area (Å²) in [7, 11) is 1.71. The summed E-state index contributed by atoms with van der Waals surface area (Å²) >= 11 is 6.03. The Hall–Kier alpha value is -2.46. The Balaban J connectivity index is 1.50. The van der Waals surface area contributed by atoms with Crippen LogP contribution in [0.2, 0.25) is 5.02 Å². The molecule has 1 saturated heterocycles. The Morgan fingerprint density at radius 1 is 1.19 bits per heavy atom. The molecule has 1 amide bonds. The normalized spacial score (nSPS) is 15.4. The molecule has 0 atom stereocenters. The summed E-state index contributed by atoms with van der Waals surface area (Å²) in [6.07, 6.45) is 3.68. The Kier molecular flexibility index (Phi) is 4.60. The van der Waals surface area contributed by atoms with Crippen LogP contribution < -0.4 is 4.74 Å². The van der Waals surface area contributed by atoms with Crippen LogP contribution in [0.4, 0.5) is 0 Å². The lowest BCUT2D eigenvalue weighted by molar-refractivity contribution is 0.0714. The molecular formula is C21H21ClN2O2. The lowest BCUT2D eigenvalue weighted by atomic mass is 9.88. The van der Waals surface area contributed by atoms with Crippen LogP contribution in [-0.4, -0.2) is 36.0 Å². The number of piperidine rings is 1. The molecule has 0 unspecified atom stereocenters. The van der Waals surface area contributed by atoms with Crippen LogP contribution in [-0.2, 0) is 0 Å². The van der Waals surface area contributed by atoms with Crippen molar-refractivity contribution < 1.29 is 9.53 Å². The van der Waals surface area contributed by atoms with Crippen LogP contribution in [0.15, 0.2) is 48.7 Å². The predicted octanol–water partition coefficient (Wildman–Crippen LogP) is 4.85. The van der Waals surface area contributed by atoms with Crippen molar-refractivity contribution in [2.45, 2.75) is 18.8 Å². The van der Waals surface area contributed by atoms with Gasteiger partial charge in [-0.2, -0.15) is 0 Å². The van der Waals surface area contributed by atoms with E-state index in [0.29, 0.717) is 16.5 Å². The van der Waals surface area contributed by atoms with E-state index in [9.17, 15) is 4.79 Å². The SMILES string of the molecule is COc1ccccc1C1CCN(C(=O)c2c[nH]c3cc(Cl)ccc23)CC1. The van der Waals surface area contributed by atoms with E-state index in [2.05, 4.69) is 11.1 Å². The molecule has 0 radical (unpaired) electrons. The van der Waals surface area contributed by atoms with Crippen LogP contribution in [0.3, 0.4) is 0 Å². The first-order valence-corrected chi connectivity index (χ1v) is 9.24. The molecule has 4 nitrogen and oxygen atoms in total. The van der Waals surface area contributed by atoms with Gasteiger partial charge in [0.25, 0.3) is 5.91 Å². The molecular weight excluding hydrogens is 348 g/mol. The van der Waals surface area contributed by atoms with E-state index < -0.39 is 0 Å². The molecule has 4 rings (SSSR count). The van der Waals surface area contributed by atoms with Gasteiger partial charge in [0.1, 0.15) is 5.75 Å². The second-order valence-electron chi connectivity index (χ2n) is 6.70. The van der Waals surface area contributed by atoms with Gasteiger partial charge in [0.05, 0.1) is 12.7 Å². The minimum Gasteiger partial charge on any atom is -0.496 e. The van der Waals surface area contributed by atoms with Gasteiger partial charge in [-0.15, -0.1) is 0 Å². The van der Waals surface area contributed by atoms with E-state index in [1.807, 2.05) is 41.3 Å². The van der Waals surface area contributed by atoms with Crippen molar-refractivity contribution in [1.82, 2.24) is 9.88 Å². The van der Waals surface area contributed by atoms with Crippen LogP contribution in [0, 0.1) is 0 Å². The van der Waals surface area contributed by atoms with Gasteiger partial charge in [0.15, 0.2) is 0 Å². The molecule has 1 fully saturated rings. The molecule has 0 saturated carbocycles. The zero-order valence-electron chi connectivity index (χ0n) is 14.7. The Morgan fingerprint density at radius 3 is 2.73 bits per heavy atom. The fraction of sp³-hybridized carbons (Fsp3) is 0.286. The Morgan fingerprint density at radius 2 is 1.96 bits per heavy atom. The average Bonchev–Trinajstić information content (AvgIpc) is 3.10. The van der Waals surface area contributed by atoms with Crippen LogP contribution in [0.5, 0.6) is 5.75 Å². The van der Waals surface area contributed by atoms with Crippen molar-refractivity contribution in [3.05, 3.63) is 64.8 Å². The number of nitrogens with zero attached hydrogens (tertiary/aromatic N) is 1. The summed E-state index contributed by atoms with van der Waals surface area (Å²) in [4.78, 5) is 18.1. The molecule has 26 heavy (non-hydrogen) atoms. The summed E-state index contributed by atoms with van der Waals surface area (Å²) < 4.78 is 5.49. The summed E-state index contributed by atoms with van der Waals surface area (Å²) in [6.45, 7) is 1.50. The number of aromatic amines is 1. The maximum atomic E-state index is 13.0. The Bertz CT molecular complexity index is 942. The molecule has 1 aromatic heterocycles. The van der Waals surface area contributed by atoms with Gasteiger partial charge in [0.2, 0.25) is 0 Å². The summed E-state index contributed by atoms with van der Waals surface area (Å²) in [5, 5.41) is 1.59. The van der Waals surface area contributed by atoms with Crippen molar-refractivity contribution in [3.63, 3.8) is 0 Å². The third-order valence-electron chi connectivity index (χ3n) is 5.24. The highest BCUT2D eigenvalue weighted by atomic mass is 35.5. The van der Waals surface area contributed by atoms with E-state index >= 15 is 0 Å². The Labute approximate surface area is 157 Å². The number of hydrogen-bond acceptors (Lipinski definition) is 2.